The van der Waals surface area contributed by atoms with Crippen LogP contribution in [0.1, 0.15) is 11.1 Å². The highest BCUT2D eigenvalue weighted by molar-refractivity contribution is 7.89. The minimum Gasteiger partial charge on any atom is -0.264 e. The quantitative estimate of drug-likeness (QED) is 0.416. The molecule has 0 fully saturated rings. The van der Waals surface area contributed by atoms with E-state index in [0.29, 0.717) is 16.7 Å². The van der Waals surface area contributed by atoms with Crippen molar-refractivity contribution in [1.29, 1.82) is 0 Å². The lowest BCUT2D eigenvalue weighted by atomic mass is 10.0. The van der Waals surface area contributed by atoms with Crippen molar-refractivity contribution < 1.29 is 21.6 Å². The van der Waals surface area contributed by atoms with Gasteiger partial charge >= 0.3 is 6.18 Å². The Kier molecular flexibility index (Phi) is 6.26. The van der Waals surface area contributed by atoms with Gasteiger partial charge in [-0.1, -0.05) is 30.3 Å². The number of benzene rings is 2. The summed E-state index contributed by atoms with van der Waals surface area (Å²) in [6, 6.07) is 17.8. The number of nitrogens with zero attached hydrogens (tertiary/aromatic N) is 2. The predicted molar refractivity (Wildman–Crippen MR) is 118 cm³/mol. The van der Waals surface area contributed by atoms with Crippen molar-refractivity contribution in [2.45, 2.75) is 17.6 Å². The van der Waals surface area contributed by atoms with Crippen LogP contribution in [0.2, 0.25) is 0 Å². The first-order valence-electron chi connectivity index (χ1n) is 9.85. The third-order valence-corrected chi connectivity index (χ3v) is 6.35. The van der Waals surface area contributed by atoms with Gasteiger partial charge in [0, 0.05) is 30.7 Å². The van der Waals surface area contributed by atoms with Crippen LogP contribution in [0.4, 0.5) is 13.2 Å². The summed E-state index contributed by atoms with van der Waals surface area (Å²) in [6.45, 7) is 0.0397. The summed E-state index contributed by atoms with van der Waals surface area (Å²) in [5, 5.41) is 0. The molecule has 0 saturated heterocycles. The normalized spacial score (nSPS) is 12.0. The zero-order chi connectivity index (χ0) is 23.5. The molecule has 2 aromatic carbocycles. The van der Waals surface area contributed by atoms with Gasteiger partial charge in [-0.3, -0.25) is 9.97 Å². The molecule has 1 N–H and O–H groups in total. The number of aromatic nitrogens is 2. The standard InChI is InChI=1S/C24H18F3N3O2S/c25-24(26,27)21-5-1-3-19(13-21)18-7-9-22(10-8-18)33(31,32)30-15-17-6-11-23(29-14-17)20-4-2-12-28-16-20/h1-14,16,30H,15H2. The van der Waals surface area contributed by atoms with Crippen molar-refractivity contribution in [3.63, 3.8) is 0 Å². The van der Waals surface area contributed by atoms with Crippen LogP contribution in [0, 0.1) is 0 Å². The largest absolute Gasteiger partial charge is 0.416 e. The second-order valence-electron chi connectivity index (χ2n) is 7.22. The first-order valence-corrected chi connectivity index (χ1v) is 11.3. The maximum Gasteiger partial charge on any atom is 0.416 e. The zero-order valence-corrected chi connectivity index (χ0v) is 17.9. The number of hydrogen-bond donors (Lipinski definition) is 1. The summed E-state index contributed by atoms with van der Waals surface area (Å²) in [6.07, 6.45) is 0.488. The second kappa shape index (κ2) is 9.13. The lowest BCUT2D eigenvalue weighted by Gasteiger charge is -2.10. The SMILES string of the molecule is O=S(=O)(NCc1ccc(-c2cccnc2)nc1)c1ccc(-c2cccc(C(F)(F)F)c2)cc1. The molecule has 0 aliphatic carbocycles. The van der Waals surface area contributed by atoms with Gasteiger partial charge < -0.3 is 0 Å². The summed E-state index contributed by atoms with van der Waals surface area (Å²) in [5.41, 5.74) is 2.32. The van der Waals surface area contributed by atoms with E-state index in [-0.39, 0.29) is 11.4 Å². The Bertz CT molecular complexity index is 1340. The summed E-state index contributed by atoms with van der Waals surface area (Å²) in [5.74, 6) is 0. The second-order valence-corrected chi connectivity index (χ2v) is 8.99. The molecule has 33 heavy (non-hydrogen) atoms. The first kappa shape index (κ1) is 22.6. The van der Waals surface area contributed by atoms with E-state index in [1.165, 1.54) is 30.3 Å². The molecule has 2 aromatic heterocycles. The molecule has 4 aromatic rings. The van der Waals surface area contributed by atoms with Gasteiger partial charge in [-0.25, -0.2) is 13.1 Å². The summed E-state index contributed by atoms with van der Waals surface area (Å²) >= 11 is 0. The number of sulfonamides is 1. The fourth-order valence-electron chi connectivity index (χ4n) is 3.18. The summed E-state index contributed by atoms with van der Waals surface area (Å²) < 4.78 is 66.6. The molecular formula is C24H18F3N3O2S. The van der Waals surface area contributed by atoms with Crippen molar-refractivity contribution >= 4 is 10.0 Å². The van der Waals surface area contributed by atoms with Crippen molar-refractivity contribution in [2.24, 2.45) is 0 Å². The Hall–Kier alpha value is -3.56. The van der Waals surface area contributed by atoms with Crippen LogP contribution in [-0.4, -0.2) is 18.4 Å². The van der Waals surface area contributed by atoms with E-state index in [0.717, 1.165) is 23.4 Å². The van der Waals surface area contributed by atoms with Crippen LogP contribution < -0.4 is 4.72 Å². The fraction of sp³-hybridized carbons (Fsp3) is 0.0833. The molecule has 0 atom stereocenters. The Morgan fingerprint density at radius 2 is 1.58 bits per heavy atom. The van der Waals surface area contributed by atoms with Gasteiger partial charge in [0.1, 0.15) is 0 Å². The minimum atomic E-state index is -4.45. The lowest BCUT2D eigenvalue weighted by molar-refractivity contribution is -0.137. The van der Waals surface area contributed by atoms with Gasteiger partial charge in [0.05, 0.1) is 16.2 Å². The molecule has 0 radical (unpaired) electrons. The van der Waals surface area contributed by atoms with Crippen LogP contribution >= 0.6 is 0 Å². The van der Waals surface area contributed by atoms with Gasteiger partial charge in [0.2, 0.25) is 10.0 Å². The fourth-order valence-corrected chi connectivity index (χ4v) is 4.20. The van der Waals surface area contributed by atoms with E-state index in [1.807, 2.05) is 6.07 Å². The first-order chi connectivity index (χ1) is 15.7. The van der Waals surface area contributed by atoms with Crippen molar-refractivity contribution in [3.05, 3.63) is 103 Å². The van der Waals surface area contributed by atoms with Crippen LogP contribution in [0.15, 0.2) is 96.3 Å². The molecular weight excluding hydrogens is 451 g/mol. The van der Waals surface area contributed by atoms with E-state index < -0.39 is 21.8 Å². The predicted octanol–water partition coefficient (Wildman–Crippen LogP) is 5.31. The third-order valence-electron chi connectivity index (χ3n) is 4.94. The third kappa shape index (κ3) is 5.44. The highest BCUT2D eigenvalue weighted by atomic mass is 32.2. The minimum absolute atomic E-state index is 0.0122. The van der Waals surface area contributed by atoms with Crippen LogP contribution in [0.25, 0.3) is 22.4 Å². The van der Waals surface area contributed by atoms with Gasteiger partial charge in [-0.05, 0) is 59.2 Å². The van der Waals surface area contributed by atoms with Crippen LogP contribution in [-0.2, 0) is 22.7 Å². The molecule has 0 aliphatic rings. The molecule has 0 spiro atoms. The Morgan fingerprint density at radius 3 is 2.21 bits per heavy atom. The smallest absolute Gasteiger partial charge is 0.264 e. The van der Waals surface area contributed by atoms with Gasteiger partial charge in [0.25, 0.3) is 0 Å². The molecule has 5 nitrogen and oxygen atoms in total. The molecule has 9 heteroatoms. The van der Waals surface area contributed by atoms with Crippen molar-refractivity contribution in [3.8, 4) is 22.4 Å². The van der Waals surface area contributed by atoms with Crippen molar-refractivity contribution in [2.75, 3.05) is 0 Å². The number of pyridine rings is 2. The van der Waals surface area contributed by atoms with E-state index in [2.05, 4.69) is 14.7 Å². The van der Waals surface area contributed by atoms with Gasteiger partial charge in [-0.15, -0.1) is 0 Å². The Balaban J connectivity index is 1.45. The molecule has 0 bridgehead atoms. The maximum absolute atomic E-state index is 12.9. The Labute approximate surface area is 189 Å². The number of hydrogen-bond acceptors (Lipinski definition) is 4. The molecule has 0 unspecified atom stereocenters. The van der Waals surface area contributed by atoms with Crippen LogP contribution in [0.5, 0.6) is 0 Å². The topological polar surface area (TPSA) is 72.0 Å². The van der Waals surface area contributed by atoms with E-state index in [1.54, 1.807) is 42.9 Å². The lowest BCUT2D eigenvalue weighted by Crippen LogP contribution is -2.23. The maximum atomic E-state index is 12.9. The summed E-state index contributed by atoms with van der Waals surface area (Å²) in [7, 11) is -3.82. The van der Waals surface area contributed by atoms with Gasteiger partial charge in [-0.2, -0.15) is 13.2 Å². The molecule has 2 heterocycles. The number of alkyl halides is 3. The van der Waals surface area contributed by atoms with Gasteiger partial charge in [0.15, 0.2) is 0 Å². The molecule has 0 saturated carbocycles. The van der Waals surface area contributed by atoms with Crippen molar-refractivity contribution in [1.82, 2.24) is 14.7 Å². The molecule has 0 amide bonds. The number of nitrogens with one attached hydrogen (secondary N) is 1. The Morgan fingerprint density at radius 1 is 0.818 bits per heavy atom. The number of rotatable bonds is 6. The van der Waals surface area contributed by atoms with E-state index >= 15 is 0 Å². The molecule has 0 aliphatic heterocycles. The average Bonchev–Trinajstić information content (AvgIpc) is 2.83. The number of halogens is 3. The highest BCUT2D eigenvalue weighted by Crippen LogP contribution is 2.32. The van der Waals surface area contributed by atoms with Crippen LogP contribution in [0.3, 0.4) is 0 Å². The van der Waals surface area contributed by atoms with E-state index in [4.69, 9.17) is 0 Å². The monoisotopic (exact) mass is 469 g/mol. The highest BCUT2D eigenvalue weighted by Gasteiger charge is 2.30. The molecule has 168 valence electrons. The summed E-state index contributed by atoms with van der Waals surface area (Å²) in [4.78, 5) is 8.39. The van der Waals surface area contributed by atoms with E-state index in [9.17, 15) is 21.6 Å². The zero-order valence-electron chi connectivity index (χ0n) is 17.1. The average molecular weight is 469 g/mol. The molecule has 4 rings (SSSR count).